The average Bonchev–Trinajstić information content (AvgIpc) is 2.82. The smallest absolute Gasteiger partial charge is 0.320 e. The highest BCUT2D eigenvalue weighted by atomic mass is 35.5. The van der Waals surface area contributed by atoms with Crippen molar-refractivity contribution in [3.05, 3.63) is 71.9 Å². The van der Waals surface area contributed by atoms with Gasteiger partial charge in [-0.2, -0.15) is 0 Å². The van der Waals surface area contributed by atoms with Crippen molar-refractivity contribution in [2.45, 2.75) is 25.3 Å². The van der Waals surface area contributed by atoms with E-state index in [4.69, 9.17) is 16.3 Å². The summed E-state index contributed by atoms with van der Waals surface area (Å²) in [5.41, 5.74) is 2.35. The third-order valence-electron chi connectivity index (χ3n) is 5.72. The molecule has 1 fully saturated rings. The van der Waals surface area contributed by atoms with Gasteiger partial charge in [0.05, 0.1) is 7.11 Å². The average molecular weight is 465 g/mol. The number of pyridine rings is 1. The van der Waals surface area contributed by atoms with Gasteiger partial charge in [0, 0.05) is 35.2 Å². The molecule has 0 unspecified atom stereocenters. The van der Waals surface area contributed by atoms with E-state index in [1.807, 2.05) is 36.4 Å². The molecule has 0 radical (unpaired) electrons. The lowest BCUT2D eigenvalue weighted by atomic mass is 9.89. The summed E-state index contributed by atoms with van der Waals surface area (Å²) in [6.45, 7) is 2.36. The third-order valence-corrected chi connectivity index (χ3v) is 5.98. The zero-order valence-electron chi connectivity index (χ0n) is 18.5. The summed E-state index contributed by atoms with van der Waals surface area (Å²) in [5, 5.41) is 6.20. The second-order valence-corrected chi connectivity index (χ2v) is 8.55. The molecule has 7 nitrogen and oxygen atoms in total. The number of amides is 3. The van der Waals surface area contributed by atoms with Gasteiger partial charge in [0.15, 0.2) is 0 Å². The fraction of sp³-hybridized carbons (Fsp3) is 0.240. The largest absolute Gasteiger partial charge is 0.481 e. The summed E-state index contributed by atoms with van der Waals surface area (Å²) in [6, 6.07) is 17.9. The van der Waals surface area contributed by atoms with Crippen molar-refractivity contribution < 1.29 is 14.3 Å². The molecule has 2 heterocycles. The Kier molecular flexibility index (Phi) is 6.51. The number of halogens is 1. The Balaban J connectivity index is 1.47. The Morgan fingerprint density at radius 2 is 1.82 bits per heavy atom. The summed E-state index contributed by atoms with van der Waals surface area (Å²) in [7, 11) is 1.58. The molecule has 1 aromatic heterocycles. The van der Waals surface area contributed by atoms with Crippen LogP contribution in [0.3, 0.4) is 0 Å². The Morgan fingerprint density at radius 1 is 1.09 bits per heavy atom. The van der Waals surface area contributed by atoms with Gasteiger partial charge in [0.2, 0.25) is 5.88 Å². The van der Waals surface area contributed by atoms with Crippen LogP contribution in [0.25, 0.3) is 11.1 Å². The number of hydrogen-bond donors (Lipinski definition) is 2. The van der Waals surface area contributed by atoms with E-state index in [2.05, 4.69) is 15.6 Å². The van der Waals surface area contributed by atoms with Crippen LogP contribution >= 0.6 is 11.6 Å². The first-order chi connectivity index (χ1) is 15.9. The molecular formula is C25H25ClN4O3. The molecule has 8 heteroatoms. The molecule has 4 rings (SSSR count). The lowest BCUT2D eigenvalue weighted by Gasteiger charge is -2.39. The number of rotatable bonds is 5. The fourth-order valence-electron chi connectivity index (χ4n) is 3.94. The maximum atomic E-state index is 13.4. The first-order valence-corrected chi connectivity index (χ1v) is 11.0. The van der Waals surface area contributed by atoms with E-state index >= 15 is 0 Å². The van der Waals surface area contributed by atoms with Crippen LogP contribution < -0.4 is 20.3 Å². The molecule has 0 spiro atoms. The number of piperidine rings is 1. The van der Waals surface area contributed by atoms with Crippen molar-refractivity contribution in [1.29, 1.82) is 0 Å². The number of carbonyl (C=O) groups excluding carboxylic acids is 2. The molecule has 3 amide bonds. The number of nitrogens with zero attached hydrogens (tertiary/aromatic N) is 2. The number of hydrogen-bond acceptors (Lipinski definition) is 4. The van der Waals surface area contributed by atoms with Crippen LogP contribution in [0.15, 0.2) is 66.9 Å². The minimum atomic E-state index is -1.01. The molecule has 0 saturated carbocycles. The van der Waals surface area contributed by atoms with Gasteiger partial charge in [-0.15, -0.1) is 0 Å². The van der Waals surface area contributed by atoms with E-state index in [0.717, 1.165) is 23.2 Å². The van der Waals surface area contributed by atoms with Crippen molar-refractivity contribution in [3.63, 3.8) is 0 Å². The van der Waals surface area contributed by atoms with Gasteiger partial charge in [-0.05, 0) is 73.4 Å². The van der Waals surface area contributed by atoms with Crippen LogP contribution in [-0.2, 0) is 4.79 Å². The molecule has 2 N–H and O–H groups in total. The first kappa shape index (κ1) is 22.6. The van der Waals surface area contributed by atoms with E-state index < -0.39 is 11.6 Å². The predicted octanol–water partition coefficient (Wildman–Crippen LogP) is 5.12. The maximum Gasteiger partial charge on any atom is 0.320 e. The highest BCUT2D eigenvalue weighted by Crippen LogP contribution is 2.30. The van der Waals surface area contributed by atoms with Crippen LogP contribution in [-0.4, -0.2) is 36.1 Å². The summed E-state index contributed by atoms with van der Waals surface area (Å²) < 4.78 is 5.20. The number of anilines is 2. The molecule has 0 bridgehead atoms. The van der Waals surface area contributed by atoms with Crippen molar-refractivity contribution in [1.82, 2.24) is 10.3 Å². The maximum absolute atomic E-state index is 13.4. The number of urea groups is 1. The molecule has 1 saturated heterocycles. The predicted molar refractivity (Wildman–Crippen MR) is 130 cm³/mol. The number of benzene rings is 2. The molecule has 1 aliphatic rings. The number of aromatic nitrogens is 1. The van der Waals surface area contributed by atoms with Crippen LogP contribution in [0.1, 0.15) is 19.8 Å². The van der Waals surface area contributed by atoms with E-state index in [1.165, 1.54) is 0 Å². The van der Waals surface area contributed by atoms with Crippen molar-refractivity contribution >= 4 is 34.9 Å². The lowest BCUT2D eigenvalue weighted by Crippen LogP contribution is -2.61. The minimum absolute atomic E-state index is 0.140. The zero-order chi connectivity index (χ0) is 23.4. The molecule has 0 aliphatic carbocycles. The fourth-order valence-corrected chi connectivity index (χ4v) is 4.07. The highest BCUT2D eigenvalue weighted by molar-refractivity contribution is 6.30. The van der Waals surface area contributed by atoms with Gasteiger partial charge < -0.3 is 20.3 Å². The Morgan fingerprint density at radius 3 is 2.52 bits per heavy atom. The summed E-state index contributed by atoms with van der Waals surface area (Å²) in [5.74, 6) is 0.403. The SMILES string of the molecule is COc1cc(-c2ccc(N3CCC[C@](C)(NC(=O)Nc4ccc(Cl)cc4)C3=O)cc2)ccn1. The Hall–Kier alpha value is -3.58. The quantitative estimate of drug-likeness (QED) is 0.549. The van der Waals surface area contributed by atoms with Crippen LogP contribution in [0.5, 0.6) is 5.88 Å². The zero-order valence-corrected chi connectivity index (χ0v) is 19.2. The number of methoxy groups -OCH3 is 1. The van der Waals surface area contributed by atoms with Crippen molar-refractivity contribution in [2.24, 2.45) is 0 Å². The van der Waals surface area contributed by atoms with E-state index in [-0.39, 0.29) is 5.91 Å². The van der Waals surface area contributed by atoms with E-state index in [0.29, 0.717) is 29.6 Å². The van der Waals surface area contributed by atoms with Crippen molar-refractivity contribution in [2.75, 3.05) is 23.9 Å². The lowest BCUT2D eigenvalue weighted by molar-refractivity contribution is -0.125. The molecule has 33 heavy (non-hydrogen) atoms. The first-order valence-electron chi connectivity index (χ1n) is 10.7. The minimum Gasteiger partial charge on any atom is -0.481 e. The highest BCUT2D eigenvalue weighted by Gasteiger charge is 2.41. The summed E-state index contributed by atoms with van der Waals surface area (Å²) in [6.07, 6.45) is 3.03. The van der Waals surface area contributed by atoms with Gasteiger partial charge in [0.1, 0.15) is 5.54 Å². The molecule has 3 aromatic rings. The Labute approximate surface area is 197 Å². The van der Waals surface area contributed by atoms with E-state index in [9.17, 15) is 9.59 Å². The monoisotopic (exact) mass is 464 g/mol. The molecular weight excluding hydrogens is 440 g/mol. The molecule has 1 aliphatic heterocycles. The molecule has 170 valence electrons. The van der Waals surface area contributed by atoms with Gasteiger partial charge in [-0.1, -0.05) is 23.7 Å². The normalized spacial score (nSPS) is 18.0. The molecule has 1 atom stereocenters. The second kappa shape index (κ2) is 9.50. The summed E-state index contributed by atoms with van der Waals surface area (Å²) in [4.78, 5) is 31.8. The van der Waals surface area contributed by atoms with Gasteiger partial charge in [-0.3, -0.25) is 4.79 Å². The van der Waals surface area contributed by atoms with Crippen LogP contribution in [0.4, 0.5) is 16.2 Å². The van der Waals surface area contributed by atoms with Crippen LogP contribution in [0.2, 0.25) is 5.02 Å². The number of carbonyl (C=O) groups is 2. The van der Waals surface area contributed by atoms with Crippen LogP contribution in [0, 0.1) is 0 Å². The summed E-state index contributed by atoms with van der Waals surface area (Å²) >= 11 is 5.89. The van der Waals surface area contributed by atoms with Crippen molar-refractivity contribution in [3.8, 4) is 17.0 Å². The van der Waals surface area contributed by atoms with E-state index in [1.54, 1.807) is 49.4 Å². The topological polar surface area (TPSA) is 83.6 Å². The Bertz CT molecular complexity index is 1150. The number of nitrogens with one attached hydrogen (secondary N) is 2. The van der Waals surface area contributed by atoms with Gasteiger partial charge in [-0.25, -0.2) is 9.78 Å². The second-order valence-electron chi connectivity index (χ2n) is 8.11. The molecule has 2 aromatic carbocycles. The number of ether oxygens (including phenoxy) is 1. The standard InChI is InChI=1S/C25H25ClN4O3/c1-25(29-24(32)28-20-8-6-19(26)7-9-20)13-3-15-30(23(25)31)21-10-4-17(5-11-21)18-12-14-27-22(16-18)33-2/h4-12,14,16H,3,13,15H2,1-2H3,(H2,28,29,32)/t25-/m0/s1. The van der Waals surface area contributed by atoms with Gasteiger partial charge in [0.25, 0.3) is 5.91 Å². The van der Waals surface area contributed by atoms with Gasteiger partial charge >= 0.3 is 6.03 Å². The third kappa shape index (κ3) is 5.09.